The maximum atomic E-state index is 12.4. The van der Waals surface area contributed by atoms with Crippen LogP contribution in [0.4, 0.5) is 5.69 Å². The molecule has 6 nitrogen and oxygen atoms in total. The Morgan fingerprint density at radius 3 is 2.67 bits per heavy atom. The summed E-state index contributed by atoms with van der Waals surface area (Å²) in [4.78, 5) is 4.09. The first-order valence-electron chi connectivity index (χ1n) is 6.27. The van der Waals surface area contributed by atoms with Crippen molar-refractivity contribution in [1.82, 2.24) is 4.98 Å². The number of methoxy groups -OCH3 is 1. The molecule has 0 spiro atoms. The summed E-state index contributed by atoms with van der Waals surface area (Å²) < 4.78 is 32.3. The third kappa shape index (κ3) is 3.50. The average molecular weight is 307 g/mol. The molecular formula is C14H17N3O3S. The highest BCUT2D eigenvalue weighted by Gasteiger charge is 2.16. The fourth-order valence-electron chi connectivity index (χ4n) is 1.91. The van der Waals surface area contributed by atoms with E-state index in [0.717, 1.165) is 5.56 Å². The molecule has 0 saturated carbocycles. The Bertz CT molecular complexity index is 745. The second-order valence-corrected chi connectivity index (χ2v) is 6.22. The Kier molecular flexibility index (Phi) is 4.44. The lowest BCUT2D eigenvalue weighted by Gasteiger charge is -2.11. The van der Waals surface area contributed by atoms with Gasteiger partial charge in [0.1, 0.15) is 5.75 Å². The van der Waals surface area contributed by atoms with E-state index in [9.17, 15) is 8.42 Å². The number of ether oxygens (including phenoxy) is 1. The van der Waals surface area contributed by atoms with E-state index in [1.165, 1.54) is 25.4 Å². The number of nitrogens with two attached hydrogens (primary N) is 1. The van der Waals surface area contributed by atoms with Gasteiger partial charge in [0, 0.05) is 18.3 Å². The van der Waals surface area contributed by atoms with Gasteiger partial charge >= 0.3 is 0 Å². The smallest absolute Gasteiger partial charge is 0.261 e. The van der Waals surface area contributed by atoms with Gasteiger partial charge in [0.2, 0.25) is 0 Å². The Balaban J connectivity index is 2.35. The molecule has 0 aliphatic carbocycles. The van der Waals surface area contributed by atoms with Crippen LogP contribution >= 0.6 is 0 Å². The van der Waals surface area contributed by atoms with Gasteiger partial charge in [0.25, 0.3) is 10.0 Å². The number of sulfonamides is 1. The van der Waals surface area contributed by atoms with Crippen LogP contribution in [-0.4, -0.2) is 20.5 Å². The summed E-state index contributed by atoms with van der Waals surface area (Å²) >= 11 is 0. The van der Waals surface area contributed by atoms with Gasteiger partial charge in [-0.2, -0.15) is 0 Å². The SMILES string of the molecule is COc1ccc(S(=O)(=O)Nc2cncc(C)c2)cc1CN. The third-order valence-corrected chi connectivity index (χ3v) is 4.29. The van der Waals surface area contributed by atoms with Crippen molar-refractivity contribution < 1.29 is 13.2 Å². The van der Waals surface area contributed by atoms with Crippen LogP contribution in [0.5, 0.6) is 5.75 Å². The second kappa shape index (κ2) is 6.11. The number of anilines is 1. The van der Waals surface area contributed by atoms with Crippen molar-refractivity contribution in [2.45, 2.75) is 18.4 Å². The molecule has 112 valence electrons. The Morgan fingerprint density at radius 1 is 1.29 bits per heavy atom. The lowest BCUT2D eigenvalue weighted by Crippen LogP contribution is -2.14. The average Bonchev–Trinajstić information content (AvgIpc) is 2.46. The molecular weight excluding hydrogens is 290 g/mol. The van der Waals surface area contributed by atoms with Crippen molar-refractivity contribution in [3.05, 3.63) is 47.8 Å². The first-order valence-corrected chi connectivity index (χ1v) is 7.76. The maximum absolute atomic E-state index is 12.4. The lowest BCUT2D eigenvalue weighted by atomic mass is 10.2. The highest BCUT2D eigenvalue weighted by atomic mass is 32.2. The maximum Gasteiger partial charge on any atom is 0.261 e. The monoisotopic (exact) mass is 307 g/mol. The van der Waals surface area contributed by atoms with Gasteiger partial charge < -0.3 is 10.5 Å². The van der Waals surface area contributed by atoms with Crippen LogP contribution in [0.3, 0.4) is 0 Å². The number of aromatic nitrogens is 1. The number of benzene rings is 1. The largest absolute Gasteiger partial charge is 0.496 e. The normalized spacial score (nSPS) is 11.2. The fraction of sp³-hybridized carbons (Fsp3) is 0.214. The molecule has 0 saturated heterocycles. The molecule has 3 N–H and O–H groups in total. The zero-order chi connectivity index (χ0) is 15.5. The van der Waals surface area contributed by atoms with Crippen LogP contribution < -0.4 is 15.2 Å². The molecule has 1 heterocycles. The lowest BCUT2D eigenvalue weighted by molar-refractivity contribution is 0.409. The Labute approximate surface area is 124 Å². The first-order chi connectivity index (χ1) is 9.96. The van der Waals surface area contributed by atoms with E-state index < -0.39 is 10.0 Å². The van der Waals surface area contributed by atoms with E-state index in [1.807, 2.05) is 6.92 Å². The molecule has 0 fully saturated rings. The van der Waals surface area contributed by atoms with Gasteiger partial charge in [-0.15, -0.1) is 0 Å². The van der Waals surface area contributed by atoms with Crippen molar-refractivity contribution in [3.63, 3.8) is 0 Å². The van der Waals surface area contributed by atoms with Crippen LogP contribution in [0.1, 0.15) is 11.1 Å². The first kappa shape index (κ1) is 15.3. The number of aryl methyl sites for hydroxylation is 1. The number of rotatable bonds is 5. The zero-order valence-corrected chi connectivity index (χ0v) is 12.6. The van der Waals surface area contributed by atoms with Crippen LogP contribution in [-0.2, 0) is 16.6 Å². The van der Waals surface area contributed by atoms with E-state index >= 15 is 0 Å². The van der Waals surface area contributed by atoms with Crippen LogP contribution in [0.2, 0.25) is 0 Å². The summed E-state index contributed by atoms with van der Waals surface area (Å²) in [6.07, 6.45) is 3.11. The summed E-state index contributed by atoms with van der Waals surface area (Å²) in [5, 5.41) is 0. The van der Waals surface area contributed by atoms with Crippen molar-refractivity contribution >= 4 is 15.7 Å². The van der Waals surface area contributed by atoms with Crippen LogP contribution in [0.25, 0.3) is 0 Å². The van der Waals surface area contributed by atoms with E-state index in [0.29, 0.717) is 17.0 Å². The topological polar surface area (TPSA) is 94.3 Å². The van der Waals surface area contributed by atoms with E-state index in [2.05, 4.69) is 9.71 Å². The van der Waals surface area contributed by atoms with Crippen molar-refractivity contribution in [3.8, 4) is 5.75 Å². The summed E-state index contributed by atoms with van der Waals surface area (Å²) in [5.74, 6) is 0.564. The van der Waals surface area contributed by atoms with Gasteiger partial charge in [-0.3, -0.25) is 9.71 Å². The van der Waals surface area contributed by atoms with Crippen molar-refractivity contribution in [2.24, 2.45) is 5.73 Å². The summed E-state index contributed by atoms with van der Waals surface area (Å²) in [6, 6.07) is 6.27. The summed E-state index contributed by atoms with van der Waals surface area (Å²) in [5.41, 5.74) is 7.52. The predicted molar refractivity (Wildman–Crippen MR) is 80.7 cm³/mol. The summed E-state index contributed by atoms with van der Waals surface area (Å²) in [7, 11) is -2.18. The number of nitrogens with zero attached hydrogens (tertiary/aromatic N) is 1. The zero-order valence-electron chi connectivity index (χ0n) is 11.8. The van der Waals surface area contributed by atoms with Gasteiger partial charge in [-0.1, -0.05) is 0 Å². The molecule has 0 aliphatic heterocycles. The van der Waals surface area contributed by atoms with Gasteiger partial charge in [0.05, 0.1) is 23.9 Å². The van der Waals surface area contributed by atoms with Crippen molar-refractivity contribution in [2.75, 3.05) is 11.8 Å². The third-order valence-electron chi connectivity index (χ3n) is 2.91. The Morgan fingerprint density at radius 2 is 2.05 bits per heavy atom. The van der Waals surface area contributed by atoms with Gasteiger partial charge in [-0.05, 0) is 36.8 Å². The van der Waals surface area contributed by atoms with Gasteiger partial charge in [-0.25, -0.2) is 8.42 Å². The minimum Gasteiger partial charge on any atom is -0.496 e. The molecule has 21 heavy (non-hydrogen) atoms. The molecule has 2 rings (SSSR count). The highest BCUT2D eigenvalue weighted by Crippen LogP contribution is 2.23. The second-order valence-electron chi connectivity index (χ2n) is 4.53. The summed E-state index contributed by atoms with van der Waals surface area (Å²) in [6.45, 7) is 2.03. The number of hydrogen-bond donors (Lipinski definition) is 2. The van der Waals surface area contributed by atoms with Gasteiger partial charge in [0.15, 0.2) is 0 Å². The van der Waals surface area contributed by atoms with Crippen LogP contribution in [0.15, 0.2) is 41.6 Å². The molecule has 0 atom stereocenters. The van der Waals surface area contributed by atoms with Crippen LogP contribution in [0, 0.1) is 6.92 Å². The molecule has 2 aromatic rings. The molecule has 0 bridgehead atoms. The van der Waals surface area contributed by atoms with E-state index in [4.69, 9.17) is 10.5 Å². The predicted octanol–water partition coefficient (Wildman–Crippen LogP) is 1.66. The Hall–Kier alpha value is -2.12. The van der Waals surface area contributed by atoms with Crippen molar-refractivity contribution in [1.29, 1.82) is 0 Å². The number of hydrogen-bond acceptors (Lipinski definition) is 5. The van der Waals surface area contributed by atoms with E-state index in [1.54, 1.807) is 18.3 Å². The highest BCUT2D eigenvalue weighted by molar-refractivity contribution is 7.92. The quantitative estimate of drug-likeness (QED) is 0.876. The molecule has 7 heteroatoms. The number of pyridine rings is 1. The van der Waals surface area contributed by atoms with E-state index in [-0.39, 0.29) is 11.4 Å². The number of nitrogens with one attached hydrogen (secondary N) is 1. The molecule has 0 amide bonds. The minimum absolute atomic E-state index is 0.130. The minimum atomic E-state index is -3.69. The molecule has 0 unspecified atom stereocenters. The fourth-order valence-corrected chi connectivity index (χ4v) is 2.99. The molecule has 0 aliphatic rings. The molecule has 1 aromatic heterocycles. The molecule has 1 aromatic carbocycles. The molecule has 0 radical (unpaired) electrons. The standard InChI is InChI=1S/C14H17N3O3S/c1-10-5-12(9-16-8-10)17-21(18,19)13-3-4-14(20-2)11(6-13)7-15/h3-6,8-9,17H,7,15H2,1-2H3.